The van der Waals surface area contributed by atoms with Crippen molar-refractivity contribution in [2.75, 3.05) is 13.1 Å². The van der Waals surface area contributed by atoms with Crippen molar-refractivity contribution < 1.29 is 9.59 Å². The molecule has 0 aromatic heterocycles. The van der Waals surface area contributed by atoms with Gasteiger partial charge in [0.1, 0.15) is 0 Å². The molecule has 1 saturated heterocycles. The molecule has 0 bridgehead atoms. The summed E-state index contributed by atoms with van der Waals surface area (Å²) in [7, 11) is 0. The molecule has 1 heterocycles. The van der Waals surface area contributed by atoms with Crippen LogP contribution in [0.25, 0.3) is 0 Å². The Morgan fingerprint density at radius 1 is 1.00 bits per heavy atom. The van der Waals surface area contributed by atoms with Gasteiger partial charge in [0.25, 0.3) is 5.91 Å². The van der Waals surface area contributed by atoms with Gasteiger partial charge in [0.05, 0.1) is 5.92 Å². The maximum Gasteiger partial charge on any atom is 0.253 e. The first kappa shape index (κ1) is 17.3. The molecule has 5 heteroatoms. The Bertz CT molecular complexity index is 582. The summed E-state index contributed by atoms with van der Waals surface area (Å²) in [4.78, 5) is 27.0. The second-order valence-electron chi connectivity index (χ2n) is 6.94. The topological polar surface area (TPSA) is 49.4 Å². The van der Waals surface area contributed by atoms with Crippen LogP contribution in [0.15, 0.2) is 24.3 Å². The zero-order valence-electron chi connectivity index (χ0n) is 14.0. The van der Waals surface area contributed by atoms with Crippen LogP contribution in [0.2, 0.25) is 5.02 Å². The van der Waals surface area contributed by atoms with E-state index in [0.717, 1.165) is 25.7 Å². The maximum absolute atomic E-state index is 12.6. The van der Waals surface area contributed by atoms with Gasteiger partial charge in [-0.15, -0.1) is 0 Å². The number of piperidine rings is 1. The number of halogens is 1. The second kappa shape index (κ2) is 8.02. The van der Waals surface area contributed by atoms with Gasteiger partial charge in [-0.3, -0.25) is 9.59 Å². The van der Waals surface area contributed by atoms with Gasteiger partial charge in [0.15, 0.2) is 0 Å². The highest BCUT2D eigenvalue weighted by Crippen LogP contribution is 2.22. The van der Waals surface area contributed by atoms with E-state index in [1.54, 1.807) is 29.2 Å². The average molecular weight is 349 g/mol. The molecule has 3 rings (SSSR count). The summed E-state index contributed by atoms with van der Waals surface area (Å²) in [5, 5.41) is 3.82. The van der Waals surface area contributed by atoms with E-state index >= 15 is 0 Å². The third-order valence-corrected chi connectivity index (χ3v) is 5.37. The smallest absolute Gasteiger partial charge is 0.253 e. The maximum atomic E-state index is 12.6. The molecule has 130 valence electrons. The molecule has 1 atom stereocenters. The van der Waals surface area contributed by atoms with Crippen molar-refractivity contribution in [2.45, 2.75) is 51.0 Å². The molecule has 4 nitrogen and oxygen atoms in total. The van der Waals surface area contributed by atoms with Crippen LogP contribution < -0.4 is 5.32 Å². The number of carbonyl (C=O) groups excluding carboxylic acids is 2. The van der Waals surface area contributed by atoms with Gasteiger partial charge in [-0.25, -0.2) is 0 Å². The summed E-state index contributed by atoms with van der Waals surface area (Å²) in [5.41, 5.74) is 0.632. The molecule has 1 aliphatic carbocycles. The molecule has 1 saturated carbocycles. The first-order valence-corrected chi connectivity index (χ1v) is 9.36. The molecule has 1 aliphatic heterocycles. The Morgan fingerprint density at radius 3 is 2.42 bits per heavy atom. The van der Waals surface area contributed by atoms with E-state index < -0.39 is 0 Å². The van der Waals surface area contributed by atoms with Crippen molar-refractivity contribution in [3.8, 4) is 0 Å². The Hall–Kier alpha value is -1.55. The van der Waals surface area contributed by atoms with E-state index in [4.69, 9.17) is 11.6 Å². The van der Waals surface area contributed by atoms with Gasteiger partial charge in [-0.2, -0.15) is 0 Å². The highest BCUT2D eigenvalue weighted by molar-refractivity contribution is 6.30. The first-order valence-electron chi connectivity index (χ1n) is 8.99. The minimum atomic E-state index is -0.0862. The third kappa shape index (κ3) is 4.29. The number of amides is 2. The Kier molecular flexibility index (Phi) is 5.77. The normalized spacial score (nSPS) is 22.2. The predicted molar refractivity (Wildman–Crippen MR) is 95.1 cm³/mol. The fourth-order valence-electron chi connectivity index (χ4n) is 3.72. The van der Waals surface area contributed by atoms with Crippen LogP contribution >= 0.6 is 11.6 Å². The minimum Gasteiger partial charge on any atom is -0.353 e. The molecular weight excluding hydrogens is 324 g/mol. The van der Waals surface area contributed by atoms with Crippen molar-refractivity contribution >= 4 is 23.4 Å². The van der Waals surface area contributed by atoms with Crippen LogP contribution in [0.4, 0.5) is 0 Å². The number of hydrogen-bond donors (Lipinski definition) is 1. The van der Waals surface area contributed by atoms with Gasteiger partial charge < -0.3 is 10.2 Å². The van der Waals surface area contributed by atoms with Crippen molar-refractivity contribution in [3.05, 3.63) is 34.9 Å². The molecule has 2 fully saturated rings. The lowest BCUT2D eigenvalue weighted by Crippen LogP contribution is -2.47. The lowest BCUT2D eigenvalue weighted by molar-refractivity contribution is -0.127. The molecule has 0 spiro atoms. The standard InChI is InChI=1S/C19H25ClN2O2/c20-16-10-8-14(9-11-16)19(24)22-12-4-5-15(13-22)18(23)21-17-6-2-1-3-7-17/h8-11,15,17H,1-7,12-13H2,(H,21,23)/t15-/m0/s1. The minimum absolute atomic E-state index is 0.0122. The number of benzene rings is 1. The molecule has 0 radical (unpaired) electrons. The van der Waals surface area contributed by atoms with Crippen molar-refractivity contribution in [1.82, 2.24) is 10.2 Å². The summed E-state index contributed by atoms with van der Waals surface area (Å²) >= 11 is 5.88. The van der Waals surface area contributed by atoms with Crippen LogP contribution in [-0.4, -0.2) is 35.8 Å². The van der Waals surface area contributed by atoms with E-state index in [1.807, 2.05) is 0 Å². The quantitative estimate of drug-likeness (QED) is 0.906. The molecule has 0 unspecified atom stereocenters. The van der Waals surface area contributed by atoms with Crippen molar-refractivity contribution in [2.24, 2.45) is 5.92 Å². The summed E-state index contributed by atoms with van der Waals surface area (Å²) in [6.07, 6.45) is 7.61. The molecule has 24 heavy (non-hydrogen) atoms. The number of hydrogen-bond acceptors (Lipinski definition) is 2. The Balaban J connectivity index is 1.58. The highest BCUT2D eigenvalue weighted by Gasteiger charge is 2.30. The number of likely N-dealkylation sites (tertiary alicyclic amines) is 1. The van der Waals surface area contributed by atoms with Gasteiger partial charge >= 0.3 is 0 Å². The fourth-order valence-corrected chi connectivity index (χ4v) is 3.84. The molecular formula is C19H25ClN2O2. The van der Waals surface area contributed by atoms with Gasteiger partial charge in [0, 0.05) is 29.7 Å². The zero-order valence-corrected chi connectivity index (χ0v) is 14.7. The fraction of sp³-hybridized carbons (Fsp3) is 0.579. The molecule has 1 N–H and O–H groups in total. The zero-order chi connectivity index (χ0) is 16.9. The summed E-state index contributed by atoms with van der Waals surface area (Å²) in [5.74, 6) is 0.0225. The SMILES string of the molecule is O=C(NC1CCCCC1)[C@H]1CCCN(C(=O)c2ccc(Cl)cc2)C1. The first-order chi connectivity index (χ1) is 11.6. The van der Waals surface area contributed by atoms with E-state index in [9.17, 15) is 9.59 Å². The lowest BCUT2D eigenvalue weighted by atomic mass is 9.93. The van der Waals surface area contributed by atoms with Gasteiger partial charge in [0.2, 0.25) is 5.91 Å². The van der Waals surface area contributed by atoms with Crippen molar-refractivity contribution in [3.63, 3.8) is 0 Å². The van der Waals surface area contributed by atoms with E-state index in [0.29, 0.717) is 29.7 Å². The number of nitrogens with one attached hydrogen (secondary N) is 1. The Morgan fingerprint density at radius 2 is 1.71 bits per heavy atom. The van der Waals surface area contributed by atoms with E-state index in [-0.39, 0.29) is 17.7 Å². The average Bonchev–Trinajstić information content (AvgIpc) is 2.63. The molecule has 2 aliphatic rings. The summed E-state index contributed by atoms with van der Waals surface area (Å²) in [6.45, 7) is 1.23. The van der Waals surface area contributed by atoms with Crippen LogP contribution in [-0.2, 0) is 4.79 Å². The molecule has 2 amide bonds. The largest absolute Gasteiger partial charge is 0.353 e. The summed E-state index contributed by atoms with van der Waals surface area (Å²) in [6, 6.07) is 7.28. The Labute approximate surface area is 148 Å². The number of carbonyl (C=O) groups is 2. The highest BCUT2D eigenvalue weighted by atomic mass is 35.5. The van der Waals surface area contributed by atoms with E-state index in [2.05, 4.69) is 5.32 Å². The van der Waals surface area contributed by atoms with Crippen LogP contribution in [0.3, 0.4) is 0 Å². The predicted octanol–water partition coefficient (Wildman–Crippen LogP) is 3.64. The van der Waals surface area contributed by atoms with Crippen molar-refractivity contribution in [1.29, 1.82) is 0 Å². The number of nitrogens with zero attached hydrogens (tertiary/aromatic N) is 1. The molecule has 1 aromatic rings. The third-order valence-electron chi connectivity index (χ3n) is 5.12. The van der Waals surface area contributed by atoms with Gasteiger partial charge in [-0.1, -0.05) is 30.9 Å². The van der Waals surface area contributed by atoms with Crippen LogP contribution in [0, 0.1) is 5.92 Å². The van der Waals surface area contributed by atoms with E-state index in [1.165, 1.54) is 19.3 Å². The second-order valence-corrected chi connectivity index (χ2v) is 7.38. The van der Waals surface area contributed by atoms with Crippen LogP contribution in [0.1, 0.15) is 55.3 Å². The molecule has 1 aromatic carbocycles. The van der Waals surface area contributed by atoms with Gasteiger partial charge in [-0.05, 0) is 49.9 Å². The lowest BCUT2D eigenvalue weighted by Gasteiger charge is -2.33. The van der Waals surface area contributed by atoms with Crippen LogP contribution in [0.5, 0.6) is 0 Å². The monoisotopic (exact) mass is 348 g/mol. The number of rotatable bonds is 3. The summed E-state index contributed by atoms with van der Waals surface area (Å²) < 4.78 is 0.